The fourth-order valence-electron chi connectivity index (χ4n) is 14.5. The van der Waals surface area contributed by atoms with Crippen LogP contribution in [0.2, 0.25) is 0 Å². The van der Waals surface area contributed by atoms with E-state index in [-0.39, 0.29) is 0 Å². The zero-order valence-electron chi connectivity index (χ0n) is 56.9. The third-order valence-electron chi connectivity index (χ3n) is 20.1. The number of fused-ring (bicyclic) bond motifs is 7. The first-order valence-electron chi connectivity index (χ1n) is 35.0. The molecule has 0 saturated carbocycles. The molecule has 0 spiro atoms. The first-order valence-corrected chi connectivity index (χ1v) is 35.0. The molecule has 4 heteroatoms. The highest BCUT2D eigenvalue weighted by Crippen LogP contribution is 2.43. The molecule has 0 aromatic heterocycles. The first-order chi connectivity index (χ1) is 50.3. The zero-order chi connectivity index (χ0) is 68.3. The van der Waals surface area contributed by atoms with Gasteiger partial charge < -0.3 is 19.6 Å². The highest BCUT2D eigenvalue weighted by Gasteiger charge is 2.18. The van der Waals surface area contributed by atoms with Crippen molar-refractivity contribution < 1.29 is 0 Å². The van der Waals surface area contributed by atoms with Crippen LogP contribution >= 0.6 is 0 Å². The minimum atomic E-state index is 1.11. The fourth-order valence-corrected chi connectivity index (χ4v) is 14.5. The SMILES string of the molecule is CN(c1ccc(-c2ccc(N(c3ccc(-c4ccccc4)cc3)c3ccc4ccccc4c3)cc2)cc1)c1cc2ccccc2c2ccccc12.CN(c1ccc(-c2ccc(N(c3ccc(-c4ccccc4)cc3)c3ccc4ccccc4c3)cc2)cc1)c1ccc2cc3ccccc3cc2c1. The van der Waals surface area contributed by atoms with E-state index in [9.17, 15) is 0 Å². The van der Waals surface area contributed by atoms with Gasteiger partial charge in [-0.1, -0.05) is 273 Å². The molecule has 18 aromatic carbocycles. The summed E-state index contributed by atoms with van der Waals surface area (Å²) >= 11 is 0. The van der Waals surface area contributed by atoms with Crippen molar-refractivity contribution in [3.05, 3.63) is 400 Å². The average Bonchev–Trinajstić information content (AvgIpc) is 0.766. The predicted octanol–water partition coefficient (Wildman–Crippen LogP) is 27.4. The Balaban J connectivity index is 0.000000152. The minimum absolute atomic E-state index is 1.11. The molecule has 0 fully saturated rings. The maximum absolute atomic E-state index is 2.34. The number of hydrogen-bond acceptors (Lipinski definition) is 4. The second kappa shape index (κ2) is 27.6. The standard InChI is InChI=1S/2C49H36N2/c1-50(49-34-41-15-7-8-16-46(41)47-17-9-10-18-48(47)49)42-26-19-38(20-27-42)39-23-30-44(31-24-39)51(45-32-25-36-13-5-6-14-40(36)33-45)43-28-21-37(22-29-43)35-11-3-2-4-12-35;1-50(48-29-22-43-31-40-12-7-8-13-41(40)32-44(43)34-48)45-23-15-38(16-24-45)39-19-27-47(28-20-39)51(49-30-21-36-11-5-6-14-42(36)33-49)46-25-17-37(18-26-46)35-9-3-2-4-10-35/h2*2-34H,1H3. The zero-order valence-corrected chi connectivity index (χ0v) is 56.9. The number of hydrogen-bond donors (Lipinski definition) is 0. The van der Waals surface area contributed by atoms with Gasteiger partial charge in [0, 0.05) is 76.4 Å². The molecule has 0 unspecified atom stereocenters. The normalized spacial score (nSPS) is 11.2. The Morgan fingerprint density at radius 3 is 0.833 bits per heavy atom. The lowest BCUT2D eigenvalue weighted by atomic mass is 9.99. The van der Waals surface area contributed by atoms with Crippen molar-refractivity contribution in [2.75, 3.05) is 33.7 Å². The maximum Gasteiger partial charge on any atom is 0.0494 e. The van der Waals surface area contributed by atoms with Crippen molar-refractivity contribution in [1.29, 1.82) is 0 Å². The molecule has 18 rings (SSSR count). The Hall–Kier alpha value is -13.3. The molecule has 0 amide bonds. The van der Waals surface area contributed by atoms with E-state index in [0.717, 1.165) is 45.5 Å². The summed E-state index contributed by atoms with van der Waals surface area (Å²) in [5, 5.41) is 15.0. The Morgan fingerprint density at radius 1 is 0.147 bits per heavy atom. The lowest BCUT2D eigenvalue weighted by Gasteiger charge is -2.26. The van der Waals surface area contributed by atoms with Crippen LogP contribution < -0.4 is 19.6 Å². The summed E-state index contributed by atoms with van der Waals surface area (Å²) in [5.41, 5.74) is 21.0. The summed E-state index contributed by atoms with van der Waals surface area (Å²) in [6.45, 7) is 0. The third kappa shape index (κ3) is 12.6. The summed E-state index contributed by atoms with van der Waals surface area (Å²) in [5.74, 6) is 0. The predicted molar refractivity (Wildman–Crippen MR) is 438 cm³/mol. The van der Waals surface area contributed by atoms with E-state index in [1.54, 1.807) is 0 Å². The van der Waals surface area contributed by atoms with Gasteiger partial charge in [0.05, 0.1) is 0 Å². The molecule has 0 radical (unpaired) electrons. The molecule has 0 bridgehead atoms. The van der Waals surface area contributed by atoms with E-state index in [1.165, 1.54) is 121 Å². The largest absolute Gasteiger partial charge is 0.345 e. The maximum atomic E-state index is 2.34. The molecular formula is C98H72N4. The third-order valence-corrected chi connectivity index (χ3v) is 20.1. The monoisotopic (exact) mass is 1300 g/mol. The van der Waals surface area contributed by atoms with Crippen LogP contribution in [0.5, 0.6) is 0 Å². The quantitative estimate of drug-likeness (QED) is 0.0795. The van der Waals surface area contributed by atoms with Crippen molar-refractivity contribution in [2.24, 2.45) is 0 Å². The smallest absolute Gasteiger partial charge is 0.0494 e. The van der Waals surface area contributed by atoms with Crippen molar-refractivity contribution in [1.82, 2.24) is 0 Å². The van der Waals surface area contributed by atoms with Crippen LogP contribution in [-0.4, -0.2) is 14.1 Å². The molecule has 0 aliphatic heterocycles. The summed E-state index contributed by atoms with van der Waals surface area (Å²) in [7, 11) is 4.30. The van der Waals surface area contributed by atoms with Crippen LogP contribution in [0, 0.1) is 0 Å². The summed E-state index contributed by atoms with van der Waals surface area (Å²) < 4.78 is 0. The van der Waals surface area contributed by atoms with Crippen molar-refractivity contribution >= 4 is 122 Å². The molecule has 0 aliphatic rings. The lowest BCUT2D eigenvalue weighted by Crippen LogP contribution is -2.10. The number of nitrogens with zero attached hydrogens (tertiary/aromatic N) is 4. The molecule has 18 aromatic rings. The van der Waals surface area contributed by atoms with Gasteiger partial charge in [-0.3, -0.25) is 0 Å². The van der Waals surface area contributed by atoms with Crippen LogP contribution in [0.3, 0.4) is 0 Å². The van der Waals surface area contributed by atoms with Gasteiger partial charge in [-0.2, -0.15) is 0 Å². The molecule has 484 valence electrons. The van der Waals surface area contributed by atoms with Crippen LogP contribution in [0.25, 0.3) is 109 Å². The van der Waals surface area contributed by atoms with E-state index >= 15 is 0 Å². The van der Waals surface area contributed by atoms with Gasteiger partial charge in [-0.05, 0) is 231 Å². The Bertz CT molecular complexity index is 6000. The van der Waals surface area contributed by atoms with Gasteiger partial charge in [0.1, 0.15) is 0 Å². The fraction of sp³-hybridized carbons (Fsp3) is 0.0204. The summed E-state index contributed by atoms with van der Waals surface area (Å²) in [6.07, 6.45) is 0. The molecule has 0 aliphatic carbocycles. The summed E-state index contributed by atoms with van der Waals surface area (Å²) in [4.78, 5) is 9.24. The van der Waals surface area contributed by atoms with E-state index in [0.29, 0.717) is 0 Å². The van der Waals surface area contributed by atoms with Gasteiger partial charge in [0.2, 0.25) is 0 Å². The molecule has 0 heterocycles. The molecule has 0 N–H and O–H groups in total. The van der Waals surface area contributed by atoms with E-state index in [2.05, 4.69) is 434 Å². The molecule has 4 nitrogen and oxygen atoms in total. The average molecular weight is 1310 g/mol. The van der Waals surface area contributed by atoms with Crippen LogP contribution in [0.1, 0.15) is 0 Å². The molecule has 0 saturated heterocycles. The van der Waals surface area contributed by atoms with Crippen LogP contribution in [-0.2, 0) is 0 Å². The van der Waals surface area contributed by atoms with Gasteiger partial charge in [-0.15, -0.1) is 0 Å². The topological polar surface area (TPSA) is 13.0 Å². The summed E-state index contributed by atoms with van der Waals surface area (Å²) in [6, 6.07) is 144. The Labute approximate surface area is 596 Å². The van der Waals surface area contributed by atoms with Crippen molar-refractivity contribution in [3.63, 3.8) is 0 Å². The van der Waals surface area contributed by atoms with Gasteiger partial charge >= 0.3 is 0 Å². The van der Waals surface area contributed by atoms with Crippen molar-refractivity contribution in [3.8, 4) is 44.5 Å². The van der Waals surface area contributed by atoms with Gasteiger partial charge in [-0.25, -0.2) is 0 Å². The van der Waals surface area contributed by atoms with Crippen molar-refractivity contribution in [2.45, 2.75) is 0 Å². The first kappa shape index (κ1) is 62.3. The van der Waals surface area contributed by atoms with Gasteiger partial charge in [0.15, 0.2) is 0 Å². The number of benzene rings is 18. The molecular weight excluding hydrogens is 1230 g/mol. The minimum Gasteiger partial charge on any atom is -0.345 e. The van der Waals surface area contributed by atoms with E-state index < -0.39 is 0 Å². The molecule has 0 atom stereocenters. The highest BCUT2D eigenvalue weighted by molar-refractivity contribution is 6.14. The second-order valence-electron chi connectivity index (χ2n) is 26.3. The number of anilines is 10. The van der Waals surface area contributed by atoms with Crippen LogP contribution in [0.4, 0.5) is 56.9 Å². The number of rotatable bonds is 14. The highest BCUT2D eigenvalue weighted by atomic mass is 15.1. The Morgan fingerprint density at radius 2 is 0.412 bits per heavy atom. The Kier molecular flexibility index (Phi) is 16.8. The molecule has 102 heavy (non-hydrogen) atoms. The van der Waals surface area contributed by atoms with E-state index in [1.807, 2.05) is 0 Å². The second-order valence-corrected chi connectivity index (χ2v) is 26.3. The van der Waals surface area contributed by atoms with Gasteiger partial charge in [0.25, 0.3) is 0 Å². The van der Waals surface area contributed by atoms with Crippen LogP contribution in [0.15, 0.2) is 400 Å². The van der Waals surface area contributed by atoms with E-state index in [4.69, 9.17) is 0 Å². The lowest BCUT2D eigenvalue weighted by molar-refractivity contribution is 1.21.